The standard InChI is InChI=1S/C19H19N3O2S/c23-25(24,14-15-7-3-1-4-8-15)21-19-13-18(16-11-12-16)20-22(19)17-9-5-2-6-10-17/h1-10,13,16,21H,11-12,14H2. The summed E-state index contributed by atoms with van der Waals surface area (Å²) in [5, 5.41) is 4.62. The third-order valence-corrected chi connectivity index (χ3v) is 5.42. The lowest BCUT2D eigenvalue weighted by molar-refractivity contribution is 0.600. The molecule has 1 aliphatic carbocycles. The maximum atomic E-state index is 12.6. The molecule has 1 heterocycles. The molecule has 128 valence electrons. The van der Waals surface area contributed by atoms with Crippen LogP contribution in [-0.2, 0) is 15.8 Å². The fourth-order valence-corrected chi connectivity index (χ4v) is 3.97. The van der Waals surface area contributed by atoms with Gasteiger partial charge in [0.25, 0.3) is 0 Å². The third kappa shape index (κ3) is 3.74. The van der Waals surface area contributed by atoms with E-state index in [4.69, 9.17) is 0 Å². The van der Waals surface area contributed by atoms with E-state index >= 15 is 0 Å². The molecule has 1 fully saturated rings. The zero-order valence-electron chi connectivity index (χ0n) is 13.7. The largest absolute Gasteiger partial charge is 0.267 e. The molecule has 0 aliphatic heterocycles. The van der Waals surface area contributed by atoms with Gasteiger partial charge in [0.1, 0.15) is 5.82 Å². The van der Waals surface area contributed by atoms with E-state index < -0.39 is 10.0 Å². The number of sulfonamides is 1. The fraction of sp³-hybridized carbons (Fsp3) is 0.211. The minimum Gasteiger partial charge on any atom is -0.267 e. The Morgan fingerprint density at radius 1 is 1.00 bits per heavy atom. The van der Waals surface area contributed by atoms with Gasteiger partial charge < -0.3 is 0 Å². The highest BCUT2D eigenvalue weighted by atomic mass is 32.2. The van der Waals surface area contributed by atoms with Crippen LogP contribution >= 0.6 is 0 Å². The normalized spacial score (nSPS) is 14.4. The Morgan fingerprint density at radius 2 is 1.64 bits per heavy atom. The molecule has 4 rings (SSSR count). The predicted octanol–water partition coefficient (Wildman–Crippen LogP) is 3.69. The smallest absolute Gasteiger partial charge is 0.238 e. The summed E-state index contributed by atoms with van der Waals surface area (Å²) in [7, 11) is -3.52. The van der Waals surface area contributed by atoms with E-state index in [2.05, 4.69) is 9.82 Å². The molecule has 0 atom stereocenters. The van der Waals surface area contributed by atoms with Crippen molar-refractivity contribution in [3.05, 3.63) is 78.0 Å². The van der Waals surface area contributed by atoms with Crippen molar-refractivity contribution in [1.82, 2.24) is 9.78 Å². The SMILES string of the molecule is O=S(=O)(Cc1ccccc1)Nc1cc(C2CC2)nn1-c1ccccc1. The Morgan fingerprint density at radius 3 is 2.28 bits per heavy atom. The molecule has 0 saturated heterocycles. The van der Waals surface area contributed by atoms with Crippen LogP contribution in [-0.4, -0.2) is 18.2 Å². The highest BCUT2D eigenvalue weighted by Gasteiger charge is 2.28. The lowest BCUT2D eigenvalue weighted by Gasteiger charge is -2.10. The zero-order valence-corrected chi connectivity index (χ0v) is 14.5. The van der Waals surface area contributed by atoms with Gasteiger partial charge in [0.2, 0.25) is 10.0 Å². The Bertz CT molecular complexity index is 962. The number of para-hydroxylation sites is 1. The summed E-state index contributed by atoms with van der Waals surface area (Å²) in [4.78, 5) is 0. The maximum Gasteiger partial charge on any atom is 0.238 e. The number of hydrogen-bond donors (Lipinski definition) is 1. The van der Waals surface area contributed by atoms with E-state index in [1.165, 1.54) is 0 Å². The van der Waals surface area contributed by atoms with Gasteiger partial charge in [-0.15, -0.1) is 0 Å². The molecule has 0 unspecified atom stereocenters. The van der Waals surface area contributed by atoms with Crippen LogP contribution in [0.1, 0.15) is 30.0 Å². The molecule has 0 radical (unpaired) electrons. The van der Waals surface area contributed by atoms with Crippen LogP contribution in [0.2, 0.25) is 0 Å². The molecule has 6 heteroatoms. The van der Waals surface area contributed by atoms with Crippen molar-refractivity contribution in [2.45, 2.75) is 24.5 Å². The van der Waals surface area contributed by atoms with Crippen molar-refractivity contribution >= 4 is 15.8 Å². The monoisotopic (exact) mass is 353 g/mol. The third-order valence-electron chi connectivity index (χ3n) is 4.18. The number of hydrogen-bond acceptors (Lipinski definition) is 3. The quantitative estimate of drug-likeness (QED) is 0.735. The highest BCUT2D eigenvalue weighted by Crippen LogP contribution is 2.40. The van der Waals surface area contributed by atoms with Gasteiger partial charge in [0.05, 0.1) is 17.1 Å². The zero-order chi connectivity index (χ0) is 17.3. The van der Waals surface area contributed by atoms with E-state index in [1.807, 2.05) is 66.7 Å². The van der Waals surface area contributed by atoms with E-state index in [1.54, 1.807) is 4.68 Å². The first-order chi connectivity index (χ1) is 12.1. The number of nitrogens with zero attached hydrogens (tertiary/aromatic N) is 2. The molecular weight excluding hydrogens is 334 g/mol. The molecule has 1 saturated carbocycles. The summed E-state index contributed by atoms with van der Waals surface area (Å²) < 4.78 is 29.6. The van der Waals surface area contributed by atoms with Crippen LogP contribution in [0.4, 0.5) is 5.82 Å². The van der Waals surface area contributed by atoms with Gasteiger partial charge in [-0.1, -0.05) is 48.5 Å². The van der Waals surface area contributed by atoms with Gasteiger partial charge in [-0.2, -0.15) is 5.10 Å². The molecule has 25 heavy (non-hydrogen) atoms. The van der Waals surface area contributed by atoms with Crippen molar-refractivity contribution in [3.8, 4) is 5.69 Å². The molecule has 1 aromatic heterocycles. The van der Waals surface area contributed by atoms with Crippen LogP contribution in [0.5, 0.6) is 0 Å². The number of aromatic nitrogens is 2. The summed E-state index contributed by atoms with van der Waals surface area (Å²) in [6, 6.07) is 20.6. The molecular formula is C19H19N3O2S. The van der Waals surface area contributed by atoms with E-state index in [-0.39, 0.29) is 5.75 Å². The minimum absolute atomic E-state index is 0.0629. The fourth-order valence-electron chi connectivity index (χ4n) is 2.81. The first kappa shape index (κ1) is 15.9. The van der Waals surface area contributed by atoms with Crippen LogP contribution in [0.15, 0.2) is 66.7 Å². The van der Waals surface area contributed by atoms with Gasteiger partial charge in [0, 0.05) is 12.0 Å². The van der Waals surface area contributed by atoms with Gasteiger partial charge in [0.15, 0.2) is 0 Å². The second-order valence-electron chi connectivity index (χ2n) is 6.32. The molecule has 5 nitrogen and oxygen atoms in total. The van der Waals surface area contributed by atoms with Crippen LogP contribution in [0, 0.1) is 0 Å². The Balaban J connectivity index is 1.65. The molecule has 0 amide bonds. The maximum absolute atomic E-state index is 12.6. The summed E-state index contributed by atoms with van der Waals surface area (Å²) in [6.45, 7) is 0. The predicted molar refractivity (Wildman–Crippen MR) is 98.2 cm³/mol. The molecule has 1 aliphatic rings. The molecule has 1 N–H and O–H groups in total. The first-order valence-corrected chi connectivity index (χ1v) is 9.96. The van der Waals surface area contributed by atoms with E-state index in [0.29, 0.717) is 11.7 Å². The highest BCUT2D eigenvalue weighted by molar-refractivity contribution is 7.91. The first-order valence-electron chi connectivity index (χ1n) is 8.30. The average Bonchev–Trinajstić information content (AvgIpc) is 3.37. The summed E-state index contributed by atoms with van der Waals surface area (Å²) >= 11 is 0. The van der Waals surface area contributed by atoms with Crippen LogP contribution < -0.4 is 4.72 Å². The molecule has 2 aromatic carbocycles. The molecule has 0 spiro atoms. The number of anilines is 1. The van der Waals surface area contributed by atoms with Gasteiger partial charge in [-0.05, 0) is 30.5 Å². The Labute approximate surface area is 147 Å². The van der Waals surface area contributed by atoms with Gasteiger partial charge in [-0.25, -0.2) is 13.1 Å². The second-order valence-corrected chi connectivity index (χ2v) is 8.05. The van der Waals surface area contributed by atoms with Crippen molar-refractivity contribution in [2.75, 3.05) is 4.72 Å². The number of rotatable bonds is 6. The molecule has 0 bridgehead atoms. The van der Waals surface area contributed by atoms with Gasteiger partial charge in [-0.3, -0.25) is 4.72 Å². The number of benzene rings is 2. The Kier molecular flexibility index (Phi) is 4.05. The van der Waals surface area contributed by atoms with Crippen molar-refractivity contribution in [2.24, 2.45) is 0 Å². The molecule has 3 aromatic rings. The van der Waals surface area contributed by atoms with Gasteiger partial charge >= 0.3 is 0 Å². The minimum atomic E-state index is -3.52. The number of nitrogens with one attached hydrogen (secondary N) is 1. The Hall–Kier alpha value is -2.60. The lowest BCUT2D eigenvalue weighted by Crippen LogP contribution is -2.17. The second kappa shape index (κ2) is 6.37. The van der Waals surface area contributed by atoms with E-state index in [9.17, 15) is 8.42 Å². The summed E-state index contributed by atoms with van der Waals surface area (Å²) in [5.41, 5.74) is 2.54. The van der Waals surface area contributed by atoms with Crippen LogP contribution in [0.3, 0.4) is 0 Å². The summed E-state index contributed by atoms with van der Waals surface area (Å²) in [6.07, 6.45) is 2.23. The van der Waals surface area contributed by atoms with E-state index in [0.717, 1.165) is 29.8 Å². The average molecular weight is 353 g/mol. The lowest BCUT2D eigenvalue weighted by atomic mass is 10.2. The van der Waals surface area contributed by atoms with Crippen molar-refractivity contribution in [1.29, 1.82) is 0 Å². The topological polar surface area (TPSA) is 64.0 Å². The van der Waals surface area contributed by atoms with Crippen LogP contribution in [0.25, 0.3) is 5.69 Å². The van der Waals surface area contributed by atoms with Crippen molar-refractivity contribution < 1.29 is 8.42 Å². The van der Waals surface area contributed by atoms with Crippen molar-refractivity contribution in [3.63, 3.8) is 0 Å². The summed E-state index contributed by atoms with van der Waals surface area (Å²) in [5.74, 6) is 0.874.